The molecular weight excluding hydrogens is 258 g/mol. The second-order valence-corrected chi connectivity index (χ2v) is 5.53. The average molecular weight is 281 g/mol. The summed E-state index contributed by atoms with van der Waals surface area (Å²) in [6.07, 6.45) is 1.44. The van der Waals surface area contributed by atoms with Crippen LogP contribution in [0.2, 0.25) is 0 Å². The number of thioether (sulfide) groups is 1. The number of nitrogens with two attached hydrogens (primary N) is 1. The molecular formula is C15H23NO2S. The SMILES string of the molecule is CCOC(=O)CC(CCSCCN)c1ccccc1. The average Bonchev–Trinajstić information content (AvgIpc) is 2.43. The molecule has 1 atom stereocenters. The third-order valence-electron chi connectivity index (χ3n) is 2.86. The molecule has 1 rings (SSSR count). The Morgan fingerprint density at radius 3 is 2.68 bits per heavy atom. The number of ether oxygens (including phenoxy) is 1. The Kier molecular flexibility index (Phi) is 8.34. The Bertz CT molecular complexity index is 356. The maximum absolute atomic E-state index is 11.7. The van der Waals surface area contributed by atoms with E-state index >= 15 is 0 Å². The molecule has 4 heteroatoms. The molecule has 0 heterocycles. The number of esters is 1. The van der Waals surface area contributed by atoms with E-state index < -0.39 is 0 Å². The van der Waals surface area contributed by atoms with E-state index in [-0.39, 0.29) is 11.9 Å². The summed E-state index contributed by atoms with van der Waals surface area (Å²) in [4.78, 5) is 11.7. The van der Waals surface area contributed by atoms with E-state index in [2.05, 4.69) is 12.1 Å². The summed E-state index contributed by atoms with van der Waals surface area (Å²) in [5.74, 6) is 2.13. The van der Waals surface area contributed by atoms with Crippen LogP contribution < -0.4 is 5.73 Å². The van der Waals surface area contributed by atoms with Gasteiger partial charge in [-0.3, -0.25) is 4.79 Å². The van der Waals surface area contributed by atoms with Crippen molar-refractivity contribution in [3.05, 3.63) is 35.9 Å². The smallest absolute Gasteiger partial charge is 0.306 e. The van der Waals surface area contributed by atoms with Crippen LogP contribution in [-0.4, -0.2) is 30.6 Å². The van der Waals surface area contributed by atoms with Gasteiger partial charge in [0.1, 0.15) is 0 Å². The molecule has 19 heavy (non-hydrogen) atoms. The predicted molar refractivity (Wildman–Crippen MR) is 81.4 cm³/mol. The zero-order valence-corrected chi connectivity index (χ0v) is 12.3. The maximum Gasteiger partial charge on any atom is 0.306 e. The first-order chi connectivity index (χ1) is 9.27. The Labute approximate surface area is 119 Å². The van der Waals surface area contributed by atoms with Crippen molar-refractivity contribution >= 4 is 17.7 Å². The van der Waals surface area contributed by atoms with Crippen molar-refractivity contribution in [3.63, 3.8) is 0 Å². The summed E-state index contributed by atoms with van der Waals surface area (Å²) < 4.78 is 5.06. The van der Waals surface area contributed by atoms with Gasteiger partial charge in [-0.15, -0.1) is 0 Å². The third-order valence-corrected chi connectivity index (χ3v) is 3.91. The van der Waals surface area contributed by atoms with Gasteiger partial charge in [-0.1, -0.05) is 30.3 Å². The number of benzene rings is 1. The van der Waals surface area contributed by atoms with Crippen molar-refractivity contribution in [2.75, 3.05) is 24.7 Å². The molecule has 1 aromatic rings. The molecule has 0 fully saturated rings. The van der Waals surface area contributed by atoms with Gasteiger partial charge in [-0.2, -0.15) is 11.8 Å². The molecule has 2 N–H and O–H groups in total. The Morgan fingerprint density at radius 1 is 1.32 bits per heavy atom. The molecule has 0 aliphatic heterocycles. The molecule has 1 aromatic carbocycles. The van der Waals surface area contributed by atoms with Gasteiger partial charge in [-0.05, 0) is 30.6 Å². The Morgan fingerprint density at radius 2 is 2.05 bits per heavy atom. The van der Waals surface area contributed by atoms with Crippen LogP contribution in [0.5, 0.6) is 0 Å². The number of rotatable bonds is 9. The molecule has 1 unspecified atom stereocenters. The van der Waals surface area contributed by atoms with E-state index in [0.717, 1.165) is 17.9 Å². The molecule has 0 aliphatic carbocycles. The molecule has 0 saturated carbocycles. The second kappa shape index (κ2) is 9.87. The summed E-state index contributed by atoms with van der Waals surface area (Å²) in [6.45, 7) is 2.99. The van der Waals surface area contributed by atoms with Gasteiger partial charge in [0, 0.05) is 12.3 Å². The predicted octanol–water partition coefficient (Wildman–Crippen LogP) is 2.81. The van der Waals surface area contributed by atoms with Gasteiger partial charge in [0.15, 0.2) is 0 Å². The summed E-state index contributed by atoms with van der Waals surface area (Å²) in [7, 11) is 0. The highest BCUT2D eigenvalue weighted by Crippen LogP contribution is 2.25. The fraction of sp³-hybridized carbons (Fsp3) is 0.533. The molecule has 0 aromatic heterocycles. The molecule has 0 bridgehead atoms. The first kappa shape index (κ1) is 16.1. The highest BCUT2D eigenvalue weighted by molar-refractivity contribution is 7.99. The van der Waals surface area contributed by atoms with E-state index in [9.17, 15) is 4.79 Å². The number of carbonyl (C=O) groups excluding carboxylic acids is 1. The van der Waals surface area contributed by atoms with Crippen LogP contribution in [0.4, 0.5) is 0 Å². The summed E-state index contributed by atoms with van der Waals surface area (Å²) in [6, 6.07) is 10.2. The third kappa shape index (κ3) is 6.64. The lowest BCUT2D eigenvalue weighted by molar-refractivity contribution is -0.143. The van der Waals surface area contributed by atoms with Crippen molar-refractivity contribution in [3.8, 4) is 0 Å². The highest BCUT2D eigenvalue weighted by Gasteiger charge is 2.16. The zero-order valence-electron chi connectivity index (χ0n) is 11.5. The summed E-state index contributed by atoms with van der Waals surface area (Å²) in [5.41, 5.74) is 6.69. The lowest BCUT2D eigenvalue weighted by atomic mass is 9.93. The molecule has 3 nitrogen and oxygen atoms in total. The van der Waals surface area contributed by atoms with Crippen LogP contribution in [0.3, 0.4) is 0 Å². The van der Waals surface area contributed by atoms with Gasteiger partial charge in [-0.25, -0.2) is 0 Å². The first-order valence-electron chi connectivity index (χ1n) is 6.76. The minimum absolute atomic E-state index is 0.111. The van der Waals surface area contributed by atoms with Crippen LogP contribution in [-0.2, 0) is 9.53 Å². The number of carbonyl (C=O) groups is 1. The van der Waals surface area contributed by atoms with Crippen molar-refractivity contribution in [1.29, 1.82) is 0 Å². The van der Waals surface area contributed by atoms with Gasteiger partial charge < -0.3 is 10.5 Å². The molecule has 0 spiro atoms. The van der Waals surface area contributed by atoms with E-state index in [1.165, 1.54) is 5.56 Å². The van der Waals surface area contributed by atoms with Crippen molar-refractivity contribution in [1.82, 2.24) is 0 Å². The topological polar surface area (TPSA) is 52.3 Å². The summed E-state index contributed by atoms with van der Waals surface area (Å²) >= 11 is 1.84. The van der Waals surface area contributed by atoms with Crippen molar-refractivity contribution in [2.24, 2.45) is 5.73 Å². The lowest BCUT2D eigenvalue weighted by Gasteiger charge is -2.16. The highest BCUT2D eigenvalue weighted by atomic mass is 32.2. The Balaban J connectivity index is 2.55. The molecule has 0 saturated heterocycles. The second-order valence-electron chi connectivity index (χ2n) is 4.31. The molecule has 0 radical (unpaired) electrons. The molecule has 0 aliphatic rings. The van der Waals surface area contributed by atoms with Gasteiger partial charge in [0.25, 0.3) is 0 Å². The monoisotopic (exact) mass is 281 g/mol. The Hall–Kier alpha value is -1.00. The van der Waals surface area contributed by atoms with Crippen LogP contribution in [0, 0.1) is 0 Å². The maximum atomic E-state index is 11.7. The van der Waals surface area contributed by atoms with E-state index in [1.807, 2.05) is 36.9 Å². The fourth-order valence-corrected chi connectivity index (χ4v) is 2.77. The van der Waals surface area contributed by atoms with Gasteiger partial charge in [0.05, 0.1) is 13.0 Å². The molecule has 106 valence electrons. The minimum Gasteiger partial charge on any atom is -0.466 e. The van der Waals surface area contributed by atoms with E-state index in [1.54, 1.807) is 0 Å². The summed E-state index contributed by atoms with van der Waals surface area (Å²) in [5, 5.41) is 0. The standard InChI is InChI=1S/C15H23NO2S/c1-2-18-15(17)12-14(8-10-19-11-9-16)13-6-4-3-5-7-13/h3-7,14H,2,8-12,16H2,1H3. The van der Waals surface area contributed by atoms with Crippen molar-refractivity contribution in [2.45, 2.75) is 25.7 Å². The van der Waals surface area contributed by atoms with Crippen LogP contribution in [0.15, 0.2) is 30.3 Å². The van der Waals surface area contributed by atoms with Gasteiger partial charge >= 0.3 is 5.97 Å². The van der Waals surface area contributed by atoms with Gasteiger partial charge in [0.2, 0.25) is 0 Å². The fourth-order valence-electron chi connectivity index (χ4n) is 1.94. The zero-order chi connectivity index (χ0) is 13.9. The first-order valence-corrected chi connectivity index (χ1v) is 7.91. The normalized spacial score (nSPS) is 12.1. The largest absolute Gasteiger partial charge is 0.466 e. The number of hydrogen-bond donors (Lipinski definition) is 1. The minimum atomic E-state index is -0.111. The van der Waals surface area contributed by atoms with E-state index in [0.29, 0.717) is 19.6 Å². The van der Waals surface area contributed by atoms with Crippen LogP contribution in [0.1, 0.15) is 31.2 Å². The van der Waals surface area contributed by atoms with E-state index in [4.69, 9.17) is 10.5 Å². The lowest BCUT2D eigenvalue weighted by Crippen LogP contribution is -2.12. The quantitative estimate of drug-likeness (QED) is 0.558. The molecule has 0 amide bonds. The van der Waals surface area contributed by atoms with Crippen LogP contribution >= 0.6 is 11.8 Å². The van der Waals surface area contributed by atoms with Crippen LogP contribution in [0.25, 0.3) is 0 Å². The van der Waals surface area contributed by atoms with Crippen molar-refractivity contribution < 1.29 is 9.53 Å². The number of hydrogen-bond acceptors (Lipinski definition) is 4.